The van der Waals surface area contributed by atoms with Gasteiger partial charge in [-0.2, -0.15) is 4.98 Å². The van der Waals surface area contributed by atoms with E-state index in [0.29, 0.717) is 18.3 Å². The van der Waals surface area contributed by atoms with Crippen molar-refractivity contribution < 1.29 is 4.79 Å². The number of hydrogen-bond donors (Lipinski definition) is 3. The van der Waals surface area contributed by atoms with Gasteiger partial charge in [0.25, 0.3) is 0 Å². The summed E-state index contributed by atoms with van der Waals surface area (Å²) in [7, 11) is 0. The van der Waals surface area contributed by atoms with Gasteiger partial charge >= 0.3 is 0 Å². The molecule has 0 unspecified atom stereocenters. The second kappa shape index (κ2) is 10.7. The summed E-state index contributed by atoms with van der Waals surface area (Å²) in [5, 5.41) is 19.1. The van der Waals surface area contributed by atoms with Gasteiger partial charge in [0.15, 0.2) is 0 Å². The van der Waals surface area contributed by atoms with E-state index in [-0.39, 0.29) is 5.91 Å². The predicted octanol–water partition coefficient (Wildman–Crippen LogP) is 5.47. The largest absolute Gasteiger partial charge is 0.347 e. The number of benzene rings is 2. The third-order valence-corrected chi connectivity index (χ3v) is 7.94. The van der Waals surface area contributed by atoms with Crippen molar-refractivity contribution in [2.45, 2.75) is 39.0 Å². The Labute approximate surface area is 225 Å². The molecule has 10 heteroatoms. The molecule has 0 saturated carbocycles. The molecule has 0 spiro atoms. The van der Waals surface area contributed by atoms with E-state index < -0.39 is 0 Å². The SMILES string of the molecule is Cc1cnc2nc1Nc1ccc(NC(=O)CC3CCN(c4nncs4)CC3)c(c1)CCc1cccc(c1)N2. The Morgan fingerprint density at radius 3 is 2.82 bits per heavy atom. The summed E-state index contributed by atoms with van der Waals surface area (Å²) in [6, 6.07) is 14.4. The molecule has 4 aromatic rings. The third kappa shape index (κ3) is 5.60. The number of nitrogens with one attached hydrogen (secondary N) is 3. The van der Waals surface area contributed by atoms with Crippen molar-refractivity contribution >= 4 is 51.2 Å². The number of anilines is 6. The van der Waals surface area contributed by atoms with Crippen molar-refractivity contribution in [2.75, 3.05) is 33.9 Å². The highest BCUT2D eigenvalue weighted by Crippen LogP contribution is 2.29. The van der Waals surface area contributed by atoms with Crippen molar-refractivity contribution in [3.05, 3.63) is 70.9 Å². The fourth-order valence-electron chi connectivity index (χ4n) is 5.08. The lowest BCUT2D eigenvalue weighted by molar-refractivity contribution is -0.117. The lowest BCUT2D eigenvalue weighted by Crippen LogP contribution is -2.34. The number of piperidine rings is 1. The maximum Gasteiger partial charge on any atom is 0.229 e. The fraction of sp³-hybridized carbons (Fsp3) is 0.321. The number of carbonyl (C=O) groups excluding carboxylic acids is 1. The maximum absolute atomic E-state index is 13.1. The van der Waals surface area contributed by atoms with Gasteiger partial charge < -0.3 is 20.9 Å². The molecule has 2 aromatic heterocycles. The highest BCUT2D eigenvalue weighted by atomic mass is 32.1. The summed E-state index contributed by atoms with van der Waals surface area (Å²) < 4.78 is 0. The number of amides is 1. The molecule has 0 atom stereocenters. The predicted molar refractivity (Wildman–Crippen MR) is 152 cm³/mol. The summed E-state index contributed by atoms with van der Waals surface area (Å²) >= 11 is 1.57. The van der Waals surface area contributed by atoms with Crippen LogP contribution in [0.15, 0.2) is 54.2 Å². The van der Waals surface area contributed by atoms with Crippen LogP contribution >= 0.6 is 11.3 Å². The Hall–Kier alpha value is -4.05. The first-order chi connectivity index (χ1) is 18.6. The van der Waals surface area contributed by atoms with Crippen LogP contribution in [0.2, 0.25) is 0 Å². The lowest BCUT2D eigenvalue weighted by atomic mass is 9.93. The standard InChI is InChI=1S/C28H30N8OS/c1-18-16-29-27-32-22-4-2-3-19(13-22)5-6-21-15-23(31-26(18)34-27)7-8-24(21)33-25(37)14-20-9-11-36(12-10-20)28-35-30-17-38-28/h2-4,7-8,13,15-17,20H,5-6,9-12,14H2,1H3,(H,33,37)(H2,29,31,32,34). The molecule has 2 aliphatic rings. The fourth-order valence-corrected chi connectivity index (χ4v) is 5.69. The van der Waals surface area contributed by atoms with Gasteiger partial charge in [0, 0.05) is 48.3 Å². The number of nitrogens with zero attached hydrogens (tertiary/aromatic N) is 5. The van der Waals surface area contributed by atoms with Gasteiger partial charge in [-0.15, -0.1) is 10.2 Å². The smallest absolute Gasteiger partial charge is 0.229 e. The van der Waals surface area contributed by atoms with Crippen molar-refractivity contribution in [3.63, 3.8) is 0 Å². The van der Waals surface area contributed by atoms with E-state index in [2.05, 4.69) is 59.2 Å². The van der Waals surface area contributed by atoms with Gasteiger partial charge in [-0.1, -0.05) is 23.5 Å². The maximum atomic E-state index is 13.1. The summed E-state index contributed by atoms with van der Waals surface area (Å²) in [4.78, 5) is 24.5. The van der Waals surface area contributed by atoms with E-state index in [1.807, 2.05) is 37.4 Å². The molecule has 0 radical (unpaired) electrons. The number of fused-ring (bicyclic) bond motifs is 6. The van der Waals surface area contributed by atoms with Crippen LogP contribution in [0.3, 0.4) is 0 Å². The Bertz CT molecular complexity index is 1430. The zero-order valence-electron chi connectivity index (χ0n) is 21.3. The van der Waals surface area contributed by atoms with Crippen LogP contribution in [0, 0.1) is 12.8 Å². The van der Waals surface area contributed by atoms with Crippen molar-refractivity contribution in [2.24, 2.45) is 5.92 Å². The molecule has 6 bridgehead atoms. The molecule has 38 heavy (non-hydrogen) atoms. The summed E-state index contributed by atoms with van der Waals surface area (Å²) in [5.41, 5.74) is 7.78. The average molecular weight is 527 g/mol. The third-order valence-electron chi connectivity index (χ3n) is 7.19. The van der Waals surface area contributed by atoms with Crippen LogP contribution in [-0.4, -0.2) is 39.2 Å². The summed E-state index contributed by atoms with van der Waals surface area (Å²) in [5.74, 6) is 1.74. The van der Waals surface area contributed by atoms with Gasteiger partial charge in [-0.05, 0) is 80.0 Å². The van der Waals surface area contributed by atoms with Gasteiger partial charge in [0.1, 0.15) is 11.3 Å². The Balaban J connectivity index is 1.18. The van der Waals surface area contributed by atoms with Crippen molar-refractivity contribution in [1.29, 1.82) is 0 Å². The van der Waals surface area contributed by atoms with Crippen LogP contribution in [0.1, 0.15) is 36.0 Å². The number of aryl methyl sites for hydroxylation is 3. The van der Waals surface area contributed by atoms with E-state index in [1.54, 1.807) is 16.8 Å². The quantitative estimate of drug-likeness (QED) is 0.321. The van der Waals surface area contributed by atoms with E-state index >= 15 is 0 Å². The van der Waals surface area contributed by atoms with Crippen LogP contribution in [0.4, 0.5) is 34.0 Å². The highest BCUT2D eigenvalue weighted by Gasteiger charge is 2.23. The Kier molecular flexibility index (Phi) is 6.87. The minimum Gasteiger partial charge on any atom is -0.347 e. The number of hydrogen-bond acceptors (Lipinski definition) is 9. The average Bonchev–Trinajstić information content (AvgIpc) is 3.46. The minimum absolute atomic E-state index is 0.0710. The van der Waals surface area contributed by atoms with Crippen molar-refractivity contribution in [1.82, 2.24) is 20.2 Å². The first-order valence-corrected chi connectivity index (χ1v) is 13.9. The second-order valence-electron chi connectivity index (χ2n) is 9.95. The Morgan fingerprint density at radius 1 is 1.11 bits per heavy atom. The zero-order valence-corrected chi connectivity index (χ0v) is 22.1. The molecule has 3 N–H and O–H groups in total. The normalized spacial score (nSPS) is 15.3. The van der Waals surface area contributed by atoms with Gasteiger partial charge in [-0.25, -0.2) is 4.98 Å². The van der Waals surface area contributed by atoms with Crippen molar-refractivity contribution in [3.8, 4) is 0 Å². The number of rotatable bonds is 4. The van der Waals surface area contributed by atoms with Crippen LogP contribution < -0.4 is 20.9 Å². The van der Waals surface area contributed by atoms with Crippen LogP contribution in [0.25, 0.3) is 0 Å². The molecular weight excluding hydrogens is 496 g/mol. The molecule has 194 valence electrons. The molecule has 1 amide bonds. The van der Waals surface area contributed by atoms with Crippen LogP contribution in [0.5, 0.6) is 0 Å². The topological polar surface area (TPSA) is 108 Å². The molecule has 9 nitrogen and oxygen atoms in total. The summed E-state index contributed by atoms with van der Waals surface area (Å²) in [6.45, 7) is 3.81. The summed E-state index contributed by atoms with van der Waals surface area (Å²) in [6.07, 6.45) is 5.95. The molecule has 1 saturated heterocycles. The second-order valence-corrected chi connectivity index (χ2v) is 10.8. The monoisotopic (exact) mass is 526 g/mol. The highest BCUT2D eigenvalue weighted by molar-refractivity contribution is 7.13. The lowest BCUT2D eigenvalue weighted by Gasteiger charge is -2.31. The first-order valence-electron chi connectivity index (χ1n) is 13.0. The minimum atomic E-state index is 0.0710. The molecule has 2 aromatic carbocycles. The number of carbonyl (C=O) groups is 1. The number of aromatic nitrogens is 4. The molecule has 2 aliphatic heterocycles. The molecule has 0 aliphatic carbocycles. The van der Waals surface area contributed by atoms with Crippen LogP contribution in [-0.2, 0) is 17.6 Å². The van der Waals surface area contributed by atoms with E-state index in [1.165, 1.54) is 5.56 Å². The van der Waals surface area contributed by atoms with E-state index in [9.17, 15) is 4.79 Å². The molecule has 1 fully saturated rings. The van der Waals surface area contributed by atoms with Gasteiger partial charge in [0.2, 0.25) is 17.0 Å². The molecular formula is C28H30N8OS. The van der Waals surface area contributed by atoms with E-state index in [0.717, 1.165) is 77.9 Å². The Morgan fingerprint density at radius 2 is 1.97 bits per heavy atom. The first kappa shape index (κ1) is 24.3. The molecule has 6 rings (SSSR count). The molecule has 4 heterocycles. The van der Waals surface area contributed by atoms with E-state index in [4.69, 9.17) is 0 Å². The van der Waals surface area contributed by atoms with Gasteiger partial charge in [-0.3, -0.25) is 4.79 Å². The van der Waals surface area contributed by atoms with Gasteiger partial charge in [0.05, 0.1) is 0 Å². The zero-order chi connectivity index (χ0) is 25.9.